The minimum Gasteiger partial charge on any atom is -0.352 e. The fraction of sp³-hybridized carbons (Fsp3) is 0.579. The molecule has 1 aromatic carbocycles. The fourth-order valence-electron chi connectivity index (χ4n) is 3.07. The SMILES string of the molecule is CC(CCC(=O)NCc1cccc(C(=O)N(C)C)c1)N1CCCC1. The lowest BCUT2D eigenvalue weighted by atomic mass is 10.1. The number of nitrogens with one attached hydrogen (secondary N) is 1. The van der Waals surface area contributed by atoms with Crippen molar-refractivity contribution in [1.82, 2.24) is 15.1 Å². The van der Waals surface area contributed by atoms with Gasteiger partial charge in [-0.3, -0.25) is 9.59 Å². The third-order valence-corrected chi connectivity index (χ3v) is 4.62. The maximum Gasteiger partial charge on any atom is 0.253 e. The van der Waals surface area contributed by atoms with Gasteiger partial charge >= 0.3 is 0 Å². The van der Waals surface area contributed by atoms with Crippen molar-refractivity contribution < 1.29 is 9.59 Å². The first-order chi connectivity index (χ1) is 11.5. The Bertz CT molecular complexity index is 565. The number of benzene rings is 1. The number of hydrogen-bond acceptors (Lipinski definition) is 3. The van der Waals surface area contributed by atoms with Crippen LogP contribution in [0.25, 0.3) is 0 Å². The molecule has 1 aromatic rings. The van der Waals surface area contributed by atoms with Crippen LogP contribution in [0.1, 0.15) is 48.5 Å². The van der Waals surface area contributed by atoms with Crippen molar-refractivity contribution >= 4 is 11.8 Å². The first-order valence-electron chi connectivity index (χ1n) is 8.78. The fourth-order valence-corrected chi connectivity index (χ4v) is 3.07. The average molecular weight is 331 g/mol. The number of nitrogens with zero attached hydrogens (tertiary/aromatic N) is 2. The molecular weight excluding hydrogens is 302 g/mol. The second-order valence-electron chi connectivity index (χ2n) is 6.81. The Labute approximate surface area is 145 Å². The van der Waals surface area contributed by atoms with Crippen LogP contribution < -0.4 is 5.32 Å². The molecule has 1 fully saturated rings. The molecule has 5 nitrogen and oxygen atoms in total. The molecule has 0 aromatic heterocycles. The number of likely N-dealkylation sites (tertiary alicyclic amines) is 1. The maximum atomic E-state index is 12.1. The van der Waals surface area contributed by atoms with Gasteiger partial charge < -0.3 is 15.1 Å². The van der Waals surface area contributed by atoms with E-state index in [-0.39, 0.29) is 11.8 Å². The van der Waals surface area contributed by atoms with Crippen molar-refractivity contribution in [3.63, 3.8) is 0 Å². The number of amides is 2. The van der Waals surface area contributed by atoms with Gasteiger partial charge in [0.25, 0.3) is 5.91 Å². The predicted octanol–water partition coefficient (Wildman–Crippen LogP) is 2.27. The third kappa shape index (κ3) is 5.34. The molecule has 1 unspecified atom stereocenters. The van der Waals surface area contributed by atoms with E-state index in [1.165, 1.54) is 12.8 Å². The van der Waals surface area contributed by atoms with Crippen molar-refractivity contribution in [2.45, 2.75) is 45.2 Å². The van der Waals surface area contributed by atoms with E-state index in [9.17, 15) is 9.59 Å². The van der Waals surface area contributed by atoms with Gasteiger partial charge in [0.2, 0.25) is 5.91 Å². The molecule has 24 heavy (non-hydrogen) atoms. The zero-order valence-electron chi connectivity index (χ0n) is 15.0. The lowest BCUT2D eigenvalue weighted by molar-refractivity contribution is -0.121. The summed E-state index contributed by atoms with van der Waals surface area (Å²) in [6, 6.07) is 7.90. The van der Waals surface area contributed by atoms with E-state index in [4.69, 9.17) is 0 Å². The minimum atomic E-state index is -0.0254. The van der Waals surface area contributed by atoms with Crippen LogP contribution in [0.2, 0.25) is 0 Å². The summed E-state index contributed by atoms with van der Waals surface area (Å²) >= 11 is 0. The number of rotatable bonds is 7. The first-order valence-corrected chi connectivity index (χ1v) is 8.78. The van der Waals surface area contributed by atoms with Gasteiger partial charge in [0.05, 0.1) is 0 Å². The maximum absolute atomic E-state index is 12.1. The Balaban J connectivity index is 1.77. The molecule has 1 aliphatic rings. The standard InChI is InChI=1S/C19H29N3O2/c1-15(22-11-4-5-12-22)9-10-18(23)20-14-16-7-6-8-17(13-16)19(24)21(2)3/h6-8,13,15H,4-5,9-12,14H2,1-3H3,(H,20,23). The van der Waals surface area contributed by atoms with Crippen LogP contribution in [0.4, 0.5) is 0 Å². The molecule has 0 spiro atoms. The Morgan fingerprint density at radius 1 is 1.25 bits per heavy atom. The molecule has 2 rings (SSSR count). The summed E-state index contributed by atoms with van der Waals surface area (Å²) in [5, 5.41) is 2.96. The molecule has 0 saturated carbocycles. The number of hydrogen-bond donors (Lipinski definition) is 1. The highest BCUT2D eigenvalue weighted by molar-refractivity contribution is 5.94. The van der Waals surface area contributed by atoms with Gasteiger partial charge in [-0.25, -0.2) is 0 Å². The Hall–Kier alpha value is -1.88. The molecule has 1 heterocycles. The van der Waals surface area contributed by atoms with E-state index in [1.807, 2.05) is 18.2 Å². The minimum absolute atomic E-state index is 0.0254. The van der Waals surface area contributed by atoms with E-state index in [2.05, 4.69) is 17.1 Å². The third-order valence-electron chi connectivity index (χ3n) is 4.62. The van der Waals surface area contributed by atoms with Gasteiger partial charge in [-0.15, -0.1) is 0 Å². The summed E-state index contributed by atoms with van der Waals surface area (Å²) < 4.78 is 0. The highest BCUT2D eigenvalue weighted by atomic mass is 16.2. The van der Waals surface area contributed by atoms with E-state index in [1.54, 1.807) is 25.1 Å². The average Bonchev–Trinajstić information content (AvgIpc) is 3.12. The van der Waals surface area contributed by atoms with E-state index in [0.29, 0.717) is 24.6 Å². The second-order valence-corrected chi connectivity index (χ2v) is 6.81. The van der Waals surface area contributed by atoms with Gasteiger partial charge in [0.15, 0.2) is 0 Å². The topological polar surface area (TPSA) is 52.7 Å². The van der Waals surface area contributed by atoms with Crippen molar-refractivity contribution in [3.05, 3.63) is 35.4 Å². The number of carbonyl (C=O) groups excluding carboxylic acids is 2. The van der Waals surface area contributed by atoms with Gasteiger partial charge in [0, 0.05) is 38.7 Å². The van der Waals surface area contributed by atoms with Crippen LogP contribution in [0.15, 0.2) is 24.3 Å². The molecule has 5 heteroatoms. The van der Waals surface area contributed by atoms with Crippen LogP contribution in [0.5, 0.6) is 0 Å². The van der Waals surface area contributed by atoms with Crippen LogP contribution in [0.3, 0.4) is 0 Å². The van der Waals surface area contributed by atoms with E-state index in [0.717, 1.165) is 25.1 Å². The first kappa shape index (κ1) is 18.5. The molecule has 0 radical (unpaired) electrons. The summed E-state index contributed by atoms with van der Waals surface area (Å²) in [4.78, 5) is 28.0. The molecule has 0 aliphatic carbocycles. The van der Waals surface area contributed by atoms with Gasteiger partial charge in [-0.2, -0.15) is 0 Å². The van der Waals surface area contributed by atoms with Crippen molar-refractivity contribution in [1.29, 1.82) is 0 Å². The van der Waals surface area contributed by atoms with Gasteiger partial charge in [-0.1, -0.05) is 12.1 Å². The highest BCUT2D eigenvalue weighted by Crippen LogP contribution is 2.15. The number of carbonyl (C=O) groups is 2. The Morgan fingerprint density at radius 3 is 2.62 bits per heavy atom. The molecule has 1 N–H and O–H groups in total. The summed E-state index contributed by atoms with van der Waals surface area (Å²) in [6.07, 6.45) is 4.00. The van der Waals surface area contributed by atoms with E-state index >= 15 is 0 Å². The quantitative estimate of drug-likeness (QED) is 0.834. The highest BCUT2D eigenvalue weighted by Gasteiger charge is 2.18. The Kier molecular flexibility index (Phi) is 6.79. The summed E-state index contributed by atoms with van der Waals surface area (Å²) in [6.45, 7) is 4.99. The van der Waals surface area contributed by atoms with E-state index < -0.39 is 0 Å². The molecule has 1 aliphatic heterocycles. The zero-order valence-corrected chi connectivity index (χ0v) is 15.0. The molecule has 1 atom stereocenters. The lowest BCUT2D eigenvalue weighted by Crippen LogP contribution is -2.32. The van der Waals surface area contributed by atoms with Gasteiger partial charge in [0.1, 0.15) is 0 Å². The normalized spacial score (nSPS) is 16.0. The van der Waals surface area contributed by atoms with Crippen LogP contribution in [0, 0.1) is 0 Å². The molecule has 0 bridgehead atoms. The lowest BCUT2D eigenvalue weighted by Gasteiger charge is -2.23. The Morgan fingerprint density at radius 2 is 1.96 bits per heavy atom. The largest absolute Gasteiger partial charge is 0.352 e. The molecule has 2 amide bonds. The molecule has 132 valence electrons. The monoisotopic (exact) mass is 331 g/mol. The van der Waals surface area contributed by atoms with Crippen LogP contribution in [-0.2, 0) is 11.3 Å². The molecule has 1 saturated heterocycles. The van der Waals surface area contributed by atoms with Crippen LogP contribution >= 0.6 is 0 Å². The van der Waals surface area contributed by atoms with Crippen molar-refractivity contribution in [3.8, 4) is 0 Å². The zero-order chi connectivity index (χ0) is 17.5. The summed E-state index contributed by atoms with van der Waals surface area (Å²) in [5.41, 5.74) is 1.60. The second kappa shape index (κ2) is 8.83. The molecular formula is C19H29N3O2. The van der Waals surface area contributed by atoms with Crippen molar-refractivity contribution in [2.75, 3.05) is 27.2 Å². The smallest absolute Gasteiger partial charge is 0.253 e. The van der Waals surface area contributed by atoms with Gasteiger partial charge in [-0.05, 0) is 57.0 Å². The van der Waals surface area contributed by atoms with Crippen molar-refractivity contribution in [2.24, 2.45) is 0 Å². The van der Waals surface area contributed by atoms with Crippen LogP contribution in [-0.4, -0.2) is 54.8 Å². The summed E-state index contributed by atoms with van der Waals surface area (Å²) in [5.74, 6) is 0.0491. The predicted molar refractivity (Wildman–Crippen MR) is 95.8 cm³/mol. The summed E-state index contributed by atoms with van der Waals surface area (Å²) in [7, 11) is 3.47.